The van der Waals surface area contributed by atoms with Gasteiger partial charge in [-0.25, -0.2) is 0 Å². The maximum atomic E-state index is 12.6. The van der Waals surface area contributed by atoms with E-state index in [4.69, 9.17) is 14.2 Å². The van der Waals surface area contributed by atoms with Crippen LogP contribution in [0.4, 0.5) is 0 Å². The molecule has 0 saturated carbocycles. The average molecular weight is 524 g/mol. The van der Waals surface area contributed by atoms with Crippen LogP contribution in [0.15, 0.2) is 60.7 Å². The Bertz CT molecular complexity index is 911. The summed E-state index contributed by atoms with van der Waals surface area (Å²) in [6.45, 7) is 2.65. The molecule has 0 spiro atoms. The van der Waals surface area contributed by atoms with Crippen LogP contribution in [0.1, 0.15) is 62.5 Å². The number of benzene rings is 2. The molecule has 0 atom stereocenters. The molecule has 0 bridgehead atoms. The number of hydrogen-bond acceptors (Lipinski definition) is 7. The summed E-state index contributed by atoms with van der Waals surface area (Å²) in [5, 5.41) is 0. The number of piperidine rings is 1. The zero-order valence-electron chi connectivity index (χ0n) is 22.5. The second kappa shape index (κ2) is 16.6. The van der Waals surface area contributed by atoms with Crippen molar-refractivity contribution in [2.24, 2.45) is 11.8 Å². The Labute approximate surface area is 226 Å². The van der Waals surface area contributed by atoms with Crippen LogP contribution < -0.4 is 0 Å². The monoisotopic (exact) mass is 523 g/mol. The lowest BCUT2D eigenvalue weighted by Crippen LogP contribution is -2.34. The summed E-state index contributed by atoms with van der Waals surface area (Å²) in [7, 11) is 2.06. The maximum absolute atomic E-state index is 12.6. The third kappa shape index (κ3) is 11.5. The van der Waals surface area contributed by atoms with Gasteiger partial charge in [-0.05, 0) is 75.7 Å². The first-order chi connectivity index (χ1) is 18.5. The lowest BCUT2D eigenvalue weighted by atomic mass is 9.95. The number of likely N-dealkylation sites (tertiary alicyclic amines) is 1. The van der Waals surface area contributed by atoms with Crippen LogP contribution in [0.5, 0.6) is 0 Å². The first-order valence-electron chi connectivity index (χ1n) is 13.7. The summed E-state index contributed by atoms with van der Waals surface area (Å²) in [5.74, 6) is -0.574. The minimum atomic E-state index is -0.236. The largest absolute Gasteiger partial charge is 0.465 e. The standard InChI is InChI=1S/C31H41NO6/c1-32-20-18-28(19-21-32)31(35)38-24-27(14-8-16-29(33)36-22-25-10-4-2-5-11-25)15-9-17-30(34)37-23-26-12-6-3-7-13-26/h2-7,10-13,27-28H,8-9,14-24H2,1H3. The highest BCUT2D eigenvalue weighted by molar-refractivity contribution is 5.72. The van der Waals surface area contributed by atoms with Gasteiger partial charge in [0.2, 0.25) is 0 Å². The van der Waals surface area contributed by atoms with Crippen molar-refractivity contribution >= 4 is 17.9 Å². The fraction of sp³-hybridized carbons (Fsp3) is 0.516. The predicted octanol–water partition coefficient (Wildman–Crippen LogP) is 5.32. The second-order valence-electron chi connectivity index (χ2n) is 10.2. The molecule has 0 N–H and O–H groups in total. The van der Waals surface area contributed by atoms with E-state index >= 15 is 0 Å². The van der Waals surface area contributed by atoms with Gasteiger partial charge in [0.1, 0.15) is 13.2 Å². The van der Waals surface area contributed by atoms with E-state index in [1.165, 1.54) is 0 Å². The van der Waals surface area contributed by atoms with E-state index in [9.17, 15) is 14.4 Å². The van der Waals surface area contributed by atoms with Crippen LogP contribution >= 0.6 is 0 Å². The number of carbonyl (C=O) groups is 3. The first-order valence-corrected chi connectivity index (χ1v) is 13.7. The molecule has 0 aromatic heterocycles. The molecule has 1 aliphatic rings. The molecule has 0 amide bonds. The lowest BCUT2D eigenvalue weighted by Gasteiger charge is -2.28. The Balaban J connectivity index is 1.40. The Morgan fingerprint density at radius 2 is 1.24 bits per heavy atom. The molecule has 1 saturated heterocycles. The number of hydrogen-bond donors (Lipinski definition) is 0. The molecule has 1 heterocycles. The van der Waals surface area contributed by atoms with Crippen molar-refractivity contribution in [3.05, 3.63) is 71.8 Å². The summed E-state index contributed by atoms with van der Waals surface area (Å²) in [5.41, 5.74) is 1.91. The van der Waals surface area contributed by atoms with E-state index in [2.05, 4.69) is 11.9 Å². The van der Waals surface area contributed by atoms with Crippen LogP contribution in [0.25, 0.3) is 0 Å². The smallest absolute Gasteiger partial charge is 0.309 e. The minimum Gasteiger partial charge on any atom is -0.465 e. The SMILES string of the molecule is CN1CCC(C(=O)OCC(CCCC(=O)OCc2ccccc2)CCCC(=O)OCc2ccccc2)CC1. The van der Waals surface area contributed by atoms with E-state index in [-0.39, 0.29) is 43.0 Å². The van der Waals surface area contributed by atoms with Gasteiger partial charge in [-0.15, -0.1) is 0 Å². The number of nitrogens with zero attached hydrogens (tertiary/aromatic N) is 1. The highest BCUT2D eigenvalue weighted by Gasteiger charge is 2.25. The van der Waals surface area contributed by atoms with Crippen molar-refractivity contribution in [3.8, 4) is 0 Å². The van der Waals surface area contributed by atoms with Crippen LogP contribution in [0.2, 0.25) is 0 Å². The van der Waals surface area contributed by atoms with Crippen LogP contribution in [-0.4, -0.2) is 49.6 Å². The second-order valence-corrected chi connectivity index (χ2v) is 10.2. The molecular weight excluding hydrogens is 482 g/mol. The highest BCUT2D eigenvalue weighted by atomic mass is 16.5. The molecule has 38 heavy (non-hydrogen) atoms. The van der Waals surface area contributed by atoms with Crippen molar-refractivity contribution in [1.29, 1.82) is 0 Å². The number of carbonyl (C=O) groups excluding carboxylic acids is 3. The summed E-state index contributed by atoms with van der Waals surface area (Å²) in [6.07, 6.45) is 4.99. The molecule has 7 nitrogen and oxygen atoms in total. The van der Waals surface area contributed by atoms with E-state index in [1.54, 1.807) is 0 Å². The van der Waals surface area contributed by atoms with Gasteiger partial charge in [0, 0.05) is 12.8 Å². The van der Waals surface area contributed by atoms with Crippen molar-refractivity contribution in [2.45, 2.75) is 64.6 Å². The number of esters is 3. The normalized spacial score (nSPS) is 14.3. The Morgan fingerprint density at radius 1 is 0.763 bits per heavy atom. The van der Waals surface area contributed by atoms with Gasteiger partial charge >= 0.3 is 17.9 Å². The molecule has 0 aliphatic carbocycles. The molecule has 1 fully saturated rings. The molecule has 0 unspecified atom stereocenters. The molecule has 206 valence electrons. The summed E-state index contributed by atoms with van der Waals surface area (Å²) < 4.78 is 16.5. The van der Waals surface area contributed by atoms with Crippen LogP contribution in [0, 0.1) is 11.8 Å². The quantitative estimate of drug-likeness (QED) is 0.231. The number of rotatable bonds is 15. The topological polar surface area (TPSA) is 82.1 Å². The van der Waals surface area contributed by atoms with Gasteiger partial charge in [0.15, 0.2) is 0 Å². The summed E-state index contributed by atoms with van der Waals surface area (Å²) in [6, 6.07) is 19.2. The highest BCUT2D eigenvalue weighted by Crippen LogP contribution is 2.21. The predicted molar refractivity (Wildman–Crippen MR) is 145 cm³/mol. The molecule has 3 rings (SSSR count). The number of ether oxygens (including phenoxy) is 3. The molecule has 0 radical (unpaired) electrons. The third-order valence-electron chi connectivity index (χ3n) is 6.99. The molecule has 7 heteroatoms. The minimum absolute atomic E-state index is 0.0484. The Kier molecular flexibility index (Phi) is 12.8. The maximum Gasteiger partial charge on any atom is 0.309 e. The zero-order valence-corrected chi connectivity index (χ0v) is 22.5. The van der Waals surface area contributed by atoms with Crippen molar-refractivity contribution in [3.63, 3.8) is 0 Å². The van der Waals surface area contributed by atoms with E-state index in [1.807, 2.05) is 60.7 Å². The zero-order chi connectivity index (χ0) is 27.0. The van der Waals surface area contributed by atoms with Crippen molar-refractivity contribution in [2.75, 3.05) is 26.7 Å². The van der Waals surface area contributed by atoms with Gasteiger partial charge < -0.3 is 19.1 Å². The lowest BCUT2D eigenvalue weighted by molar-refractivity contribution is -0.152. The van der Waals surface area contributed by atoms with Gasteiger partial charge in [0.05, 0.1) is 12.5 Å². The fourth-order valence-corrected chi connectivity index (χ4v) is 4.56. The summed E-state index contributed by atoms with van der Waals surface area (Å²) in [4.78, 5) is 39.3. The van der Waals surface area contributed by atoms with Gasteiger partial charge in [-0.1, -0.05) is 60.7 Å². The van der Waals surface area contributed by atoms with Crippen LogP contribution in [0.3, 0.4) is 0 Å². The Morgan fingerprint density at radius 3 is 1.71 bits per heavy atom. The molecule has 1 aliphatic heterocycles. The molecule has 2 aromatic carbocycles. The van der Waals surface area contributed by atoms with Crippen molar-refractivity contribution < 1.29 is 28.6 Å². The van der Waals surface area contributed by atoms with E-state index in [0.717, 1.165) is 49.9 Å². The average Bonchev–Trinajstić information content (AvgIpc) is 2.94. The first kappa shape index (κ1) is 29.4. The van der Waals surface area contributed by atoms with Gasteiger partial charge in [0.25, 0.3) is 0 Å². The molecule has 2 aromatic rings. The Hall–Kier alpha value is -3.19. The van der Waals surface area contributed by atoms with Gasteiger partial charge in [-0.2, -0.15) is 0 Å². The van der Waals surface area contributed by atoms with Gasteiger partial charge in [-0.3, -0.25) is 14.4 Å². The van der Waals surface area contributed by atoms with Crippen molar-refractivity contribution in [1.82, 2.24) is 4.90 Å². The third-order valence-corrected chi connectivity index (χ3v) is 6.99. The molecular formula is C31H41NO6. The van der Waals surface area contributed by atoms with Crippen LogP contribution in [-0.2, 0) is 41.8 Å². The fourth-order valence-electron chi connectivity index (χ4n) is 4.56. The van der Waals surface area contributed by atoms with E-state index < -0.39 is 0 Å². The summed E-state index contributed by atoms with van der Waals surface area (Å²) >= 11 is 0. The van der Waals surface area contributed by atoms with E-state index in [0.29, 0.717) is 32.3 Å².